The molecule has 2 aromatic carbocycles. The Morgan fingerprint density at radius 2 is 1.71 bits per heavy atom. The van der Waals surface area contributed by atoms with Crippen molar-refractivity contribution in [1.29, 1.82) is 0 Å². The molecular weight excluding hydrogens is 347 g/mol. The number of benzene rings is 2. The topological polar surface area (TPSA) is 20.2 Å². The molecule has 0 bridgehead atoms. The minimum atomic E-state index is -0.468. The molecule has 2 aromatic rings. The quantitative estimate of drug-likeness (QED) is 0.815. The van der Waals surface area contributed by atoms with Crippen molar-refractivity contribution in [3.05, 3.63) is 68.3 Å². The lowest BCUT2D eigenvalue weighted by molar-refractivity contribution is 0.177. The summed E-state index contributed by atoms with van der Waals surface area (Å²) in [4.78, 5) is 0. The van der Waals surface area contributed by atoms with Crippen molar-refractivity contribution in [2.75, 3.05) is 0 Å². The minimum Gasteiger partial charge on any atom is -0.388 e. The summed E-state index contributed by atoms with van der Waals surface area (Å²) in [5.41, 5.74) is 2.06. The molecule has 0 radical (unpaired) electrons. The van der Waals surface area contributed by atoms with Crippen molar-refractivity contribution in [2.24, 2.45) is 0 Å². The fraction of sp³-hybridized carbons (Fsp3) is 0.143. The summed E-state index contributed by atoms with van der Waals surface area (Å²) in [5.74, 6) is 0. The van der Waals surface area contributed by atoms with Crippen LogP contribution >= 0.6 is 34.2 Å². The highest BCUT2D eigenvalue weighted by Crippen LogP contribution is 2.23. The van der Waals surface area contributed by atoms with Crippen molar-refractivity contribution in [3.63, 3.8) is 0 Å². The third-order valence-electron chi connectivity index (χ3n) is 2.61. The second-order valence-corrected chi connectivity index (χ2v) is 5.47. The van der Waals surface area contributed by atoms with Crippen LogP contribution in [0.1, 0.15) is 17.2 Å². The van der Waals surface area contributed by atoms with E-state index < -0.39 is 6.10 Å². The summed E-state index contributed by atoms with van der Waals surface area (Å²) in [5, 5.41) is 10.9. The predicted octanol–water partition coefficient (Wildman–Crippen LogP) is 4.22. The standard InChI is InChI=1S/C14H12ClIO/c15-11-7-5-10(6-8-11)9-14(17)12-3-1-2-4-13(12)16/h1-8,14,17H,9H2. The third-order valence-corrected chi connectivity index (χ3v) is 3.84. The lowest BCUT2D eigenvalue weighted by Crippen LogP contribution is -2.03. The molecule has 0 spiro atoms. The zero-order valence-corrected chi connectivity index (χ0v) is 12.0. The van der Waals surface area contributed by atoms with Gasteiger partial charge in [0.2, 0.25) is 0 Å². The summed E-state index contributed by atoms with van der Waals surface area (Å²) >= 11 is 8.07. The summed E-state index contributed by atoms with van der Waals surface area (Å²) < 4.78 is 1.09. The number of aliphatic hydroxyl groups is 1. The predicted molar refractivity (Wildman–Crippen MR) is 79.3 cm³/mol. The van der Waals surface area contributed by atoms with Gasteiger partial charge in [0, 0.05) is 15.0 Å². The molecule has 1 nitrogen and oxygen atoms in total. The van der Waals surface area contributed by atoms with Crippen LogP contribution in [0, 0.1) is 3.57 Å². The van der Waals surface area contributed by atoms with E-state index in [0.29, 0.717) is 6.42 Å². The van der Waals surface area contributed by atoms with E-state index in [9.17, 15) is 5.11 Å². The largest absolute Gasteiger partial charge is 0.388 e. The minimum absolute atomic E-state index is 0.468. The molecule has 88 valence electrons. The first-order chi connectivity index (χ1) is 8.16. The SMILES string of the molecule is OC(Cc1ccc(Cl)cc1)c1ccccc1I. The van der Waals surface area contributed by atoms with Gasteiger partial charge in [-0.05, 0) is 51.9 Å². The fourth-order valence-corrected chi connectivity index (χ4v) is 2.57. The van der Waals surface area contributed by atoms with Crippen LogP contribution in [0.4, 0.5) is 0 Å². The summed E-state index contributed by atoms with van der Waals surface area (Å²) in [7, 11) is 0. The van der Waals surface area contributed by atoms with Gasteiger partial charge in [-0.1, -0.05) is 41.9 Å². The Balaban J connectivity index is 2.14. The van der Waals surface area contributed by atoms with Crippen LogP contribution in [0.25, 0.3) is 0 Å². The van der Waals surface area contributed by atoms with E-state index in [2.05, 4.69) is 22.6 Å². The molecule has 2 rings (SSSR count). The zero-order valence-electron chi connectivity index (χ0n) is 9.11. The Morgan fingerprint density at radius 3 is 2.35 bits per heavy atom. The average Bonchev–Trinajstić information content (AvgIpc) is 2.32. The summed E-state index contributed by atoms with van der Waals surface area (Å²) in [6.45, 7) is 0. The van der Waals surface area contributed by atoms with Gasteiger partial charge in [0.05, 0.1) is 6.10 Å². The van der Waals surface area contributed by atoms with Gasteiger partial charge in [-0.15, -0.1) is 0 Å². The van der Waals surface area contributed by atoms with Crippen LogP contribution in [-0.2, 0) is 6.42 Å². The summed E-state index contributed by atoms with van der Waals surface area (Å²) in [6, 6.07) is 15.5. The number of halogens is 2. The Bertz CT molecular complexity index is 496. The Morgan fingerprint density at radius 1 is 1.06 bits per heavy atom. The molecule has 0 aliphatic carbocycles. The van der Waals surface area contributed by atoms with E-state index >= 15 is 0 Å². The van der Waals surface area contributed by atoms with Gasteiger partial charge >= 0.3 is 0 Å². The molecule has 0 aliphatic rings. The van der Waals surface area contributed by atoms with Gasteiger partial charge in [-0.25, -0.2) is 0 Å². The molecule has 0 fully saturated rings. The molecule has 0 aliphatic heterocycles. The van der Waals surface area contributed by atoms with Gasteiger partial charge < -0.3 is 5.11 Å². The third kappa shape index (κ3) is 3.44. The number of rotatable bonds is 3. The molecule has 17 heavy (non-hydrogen) atoms. The lowest BCUT2D eigenvalue weighted by atomic mass is 10.0. The normalized spacial score (nSPS) is 12.4. The number of hydrogen-bond donors (Lipinski definition) is 1. The number of hydrogen-bond acceptors (Lipinski definition) is 1. The maximum absolute atomic E-state index is 10.2. The molecule has 0 aromatic heterocycles. The second-order valence-electron chi connectivity index (χ2n) is 3.87. The van der Waals surface area contributed by atoms with Gasteiger partial charge in [-0.2, -0.15) is 0 Å². The highest BCUT2D eigenvalue weighted by atomic mass is 127. The Labute approximate surface area is 120 Å². The van der Waals surface area contributed by atoms with E-state index in [1.807, 2.05) is 48.5 Å². The first-order valence-electron chi connectivity index (χ1n) is 5.34. The first-order valence-corrected chi connectivity index (χ1v) is 6.79. The molecule has 3 heteroatoms. The smallest absolute Gasteiger partial charge is 0.0840 e. The lowest BCUT2D eigenvalue weighted by Gasteiger charge is -2.12. The van der Waals surface area contributed by atoms with Gasteiger partial charge in [0.15, 0.2) is 0 Å². The number of aliphatic hydroxyl groups excluding tert-OH is 1. The molecule has 0 saturated carbocycles. The van der Waals surface area contributed by atoms with Gasteiger partial charge in [0.1, 0.15) is 0 Å². The molecule has 1 atom stereocenters. The van der Waals surface area contributed by atoms with E-state index in [-0.39, 0.29) is 0 Å². The van der Waals surface area contributed by atoms with Crippen LogP contribution in [0.5, 0.6) is 0 Å². The fourth-order valence-electron chi connectivity index (χ4n) is 1.70. The Hall–Kier alpha value is -0.580. The maximum Gasteiger partial charge on any atom is 0.0840 e. The maximum atomic E-state index is 10.2. The molecule has 0 saturated heterocycles. The highest BCUT2D eigenvalue weighted by Gasteiger charge is 2.11. The molecule has 1 unspecified atom stereocenters. The molecule has 0 heterocycles. The average molecular weight is 359 g/mol. The van der Waals surface area contributed by atoms with E-state index in [4.69, 9.17) is 11.6 Å². The van der Waals surface area contributed by atoms with E-state index in [0.717, 1.165) is 19.7 Å². The van der Waals surface area contributed by atoms with Crippen LogP contribution in [0.2, 0.25) is 5.02 Å². The van der Waals surface area contributed by atoms with Gasteiger partial charge in [-0.3, -0.25) is 0 Å². The van der Waals surface area contributed by atoms with Crippen LogP contribution in [0.15, 0.2) is 48.5 Å². The molecule has 1 N–H and O–H groups in total. The monoisotopic (exact) mass is 358 g/mol. The van der Waals surface area contributed by atoms with Crippen molar-refractivity contribution in [1.82, 2.24) is 0 Å². The van der Waals surface area contributed by atoms with Crippen molar-refractivity contribution in [3.8, 4) is 0 Å². The summed E-state index contributed by atoms with van der Waals surface area (Å²) in [6.07, 6.45) is 0.140. The van der Waals surface area contributed by atoms with E-state index in [1.54, 1.807) is 0 Å². The molecule has 0 amide bonds. The van der Waals surface area contributed by atoms with Crippen molar-refractivity contribution >= 4 is 34.2 Å². The molecular formula is C14H12ClIO. The van der Waals surface area contributed by atoms with E-state index in [1.165, 1.54) is 0 Å². The second kappa shape index (κ2) is 5.85. The highest BCUT2D eigenvalue weighted by molar-refractivity contribution is 14.1. The first kappa shape index (κ1) is 12.9. The zero-order chi connectivity index (χ0) is 12.3. The van der Waals surface area contributed by atoms with Crippen molar-refractivity contribution in [2.45, 2.75) is 12.5 Å². The van der Waals surface area contributed by atoms with Gasteiger partial charge in [0.25, 0.3) is 0 Å². The van der Waals surface area contributed by atoms with Crippen LogP contribution in [0.3, 0.4) is 0 Å². The Kier molecular flexibility index (Phi) is 4.42. The van der Waals surface area contributed by atoms with Crippen LogP contribution < -0.4 is 0 Å². The van der Waals surface area contributed by atoms with Crippen LogP contribution in [-0.4, -0.2) is 5.11 Å². The van der Waals surface area contributed by atoms with Crippen molar-refractivity contribution < 1.29 is 5.11 Å².